The summed E-state index contributed by atoms with van der Waals surface area (Å²) in [4.78, 5) is 49.6. The number of benzene rings is 1. The molecule has 3 N–H and O–H groups in total. The molecule has 1 aromatic carbocycles. The van der Waals surface area contributed by atoms with Gasteiger partial charge in [-0.25, -0.2) is 4.79 Å². The zero-order valence-corrected chi connectivity index (χ0v) is 15.3. The van der Waals surface area contributed by atoms with E-state index in [-0.39, 0.29) is 36.6 Å². The Bertz CT molecular complexity index is 739. The van der Waals surface area contributed by atoms with Crippen LogP contribution in [0.4, 0.5) is 4.79 Å². The minimum Gasteiger partial charge on any atom is -0.351 e. The molecule has 1 atom stereocenters. The predicted molar refractivity (Wildman–Crippen MR) is 97.9 cm³/mol. The first kappa shape index (κ1) is 18.9. The Morgan fingerprint density at radius 3 is 2.41 bits per heavy atom. The fraction of sp³-hybridized carbons (Fsp3) is 0.474. The van der Waals surface area contributed by atoms with Gasteiger partial charge in [-0.1, -0.05) is 17.7 Å². The lowest BCUT2D eigenvalue weighted by atomic mass is 10.0. The van der Waals surface area contributed by atoms with Gasteiger partial charge in [0.15, 0.2) is 0 Å². The minimum absolute atomic E-state index is 0.000366. The molecule has 144 valence electrons. The number of carbonyl (C=O) groups excluding carboxylic acids is 4. The first-order valence-corrected chi connectivity index (χ1v) is 9.19. The van der Waals surface area contributed by atoms with E-state index in [4.69, 9.17) is 0 Å². The van der Waals surface area contributed by atoms with Crippen LogP contribution in [0.1, 0.15) is 41.6 Å². The molecule has 0 aliphatic carbocycles. The number of urea groups is 1. The topological polar surface area (TPSA) is 108 Å². The van der Waals surface area contributed by atoms with Crippen LogP contribution in [-0.2, 0) is 9.59 Å². The molecule has 27 heavy (non-hydrogen) atoms. The molecule has 0 radical (unpaired) electrons. The molecule has 1 unspecified atom stereocenters. The molecule has 0 spiro atoms. The van der Waals surface area contributed by atoms with Gasteiger partial charge in [-0.05, 0) is 38.3 Å². The average Bonchev–Trinajstić information content (AvgIpc) is 2.82. The molecule has 2 fully saturated rings. The van der Waals surface area contributed by atoms with E-state index in [1.807, 2.05) is 31.2 Å². The Morgan fingerprint density at radius 2 is 1.74 bits per heavy atom. The summed E-state index contributed by atoms with van der Waals surface area (Å²) in [6.07, 6.45) is 1.71. The fourth-order valence-corrected chi connectivity index (χ4v) is 3.34. The highest BCUT2D eigenvalue weighted by Crippen LogP contribution is 2.15. The maximum Gasteiger partial charge on any atom is 0.322 e. The van der Waals surface area contributed by atoms with E-state index in [9.17, 15) is 19.2 Å². The van der Waals surface area contributed by atoms with Crippen molar-refractivity contribution in [3.05, 3.63) is 35.4 Å². The van der Waals surface area contributed by atoms with E-state index >= 15 is 0 Å². The zero-order valence-electron chi connectivity index (χ0n) is 15.3. The highest BCUT2D eigenvalue weighted by atomic mass is 16.2. The molecule has 0 aromatic heterocycles. The second-order valence-electron chi connectivity index (χ2n) is 7.05. The van der Waals surface area contributed by atoms with Crippen molar-refractivity contribution in [2.24, 2.45) is 0 Å². The van der Waals surface area contributed by atoms with Crippen LogP contribution in [0.15, 0.2) is 24.3 Å². The van der Waals surface area contributed by atoms with E-state index in [0.29, 0.717) is 31.5 Å². The van der Waals surface area contributed by atoms with Crippen molar-refractivity contribution in [2.75, 3.05) is 13.1 Å². The Morgan fingerprint density at radius 1 is 1.07 bits per heavy atom. The van der Waals surface area contributed by atoms with Gasteiger partial charge in [-0.2, -0.15) is 0 Å². The van der Waals surface area contributed by atoms with Gasteiger partial charge in [0.1, 0.15) is 6.04 Å². The van der Waals surface area contributed by atoms with Gasteiger partial charge in [0, 0.05) is 31.1 Å². The third-order valence-corrected chi connectivity index (χ3v) is 4.96. The molecular weight excluding hydrogens is 348 g/mol. The lowest BCUT2D eigenvalue weighted by Gasteiger charge is -2.33. The third kappa shape index (κ3) is 4.84. The van der Waals surface area contributed by atoms with Crippen LogP contribution < -0.4 is 16.0 Å². The van der Waals surface area contributed by atoms with Crippen LogP contribution >= 0.6 is 0 Å². The number of aryl methyl sites for hydroxylation is 1. The summed E-state index contributed by atoms with van der Waals surface area (Å²) < 4.78 is 0. The molecule has 1 aromatic rings. The maximum atomic E-state index is 12.5. The number of hydrogen-bond donors (Lipinski definition) is 3. The van der Waals surface area contributed by atoms with Crippen molar-refractivity contribution in [1.29, 1.82) is 0 Å². The second kappa shape index (κ2) is 8.20. The van der Waals surface area contributed by atoms with E-state index in [0.717, 1.165) is 5.56 Å². The van der Waals surface area contributed by atoms with E-state index in [2.05, 4.69) is 16.0 Å². The lowest BCUT2D eigenvalue weighted by molar-refractivity contribution is -0.124. The van der Waals surface area contributed by atoms with Gasteiger partial charge in [0.2, 0.25) is 11.8 Å². The van der Waals surface area contributed by atoms with Crippen LogP contribution in [0, 0.1) is 6.92 Å². The van der Waals surface area contributed by atoms with Gasteiger partial charge in [0.05, 0.1) is 0 Å². The number of hydrogen-bond acceptors (Lipinski definition) is 4. The molecule has 0 saturated carbocycles. The van der Waals surface area contributed by atoms with Crippen molar-refractivity contribution in [3.63, 3.8) is 0 Å². The standard InChI is InChI=1S/C19H24N4O4/c1-12-2-4-13(5-3-12)18(26)23-10-8-14(9-11-23)20-17(25)15-6-7-16(24)22-19(27)21-15/h2-5,14-15H,6-11H2,1H3,(H,20,25)(H2,21,22,24,27). The van der Waals surface area contributed by atoms with Gasteiger partial charge < -0.3 is 15.5 Å². The molecule has 2 saturated heterocycles. The Balaban J connectivity index is 1.49. The van der Waals surface area contributed by atoms with Gasteiger partial charge >= 0.3 is 6.03 Å². The van der Waals surface area contributed by atoms with E-state index in [1.54, 1.807) is 4.90 Å². The molecule has 2 aliphatic rings. The number of amides is 5. The highest BCUT2D eigenvalue weighted by Gasteiger charge is 2.29. The maximum absolute atomic E-state index is 12.5. The normalized spacial score (nSPS) is 21.1. The van der Waals surface area contributed by atoms with E-state index < -0.39 is 12.1 Å². The van der Waals surface area contributed by atoms with Crippen molar-refractivity contribution in [1.82, 2.24) is 20.9 Å². The van der Waals surface area contributed by atoms with Crippen LogP contribution in [0.25, 0.3) is 0 Å². The van der Waals surface area contributed by atoms with Crippen molar-refractivity contribution in [2.45, 2.75) is 44.7 Å². The summed E-state index contributed by atoms with van der Waals surface area (Å²) in [6, 6.07) is 6.08. The largest absolute Gasteiger partial charge is 0.351 e. The fourth-order valence-electron chi connectivity index (χ4n) is 3.34. The van der Waals surface area contributed by atoms with Crippen molar-refractivity contribution < 1.29 is 19.2 Å². The highest BCUT2D eigenvalue weighted by molar-refractivity contribution is 5.98. The number of rotatable bonds is 3. The molecule has 8 nitrogen and oxygen atoms in total. The van der Waals surface area contributed by atoms with Crippen molar-refractivity contribution in [3.8, 4) is 0 Å². The Hall–Kier alpha value is -2.90. The van der Waals surface area contributed by atoms with Crippen molar-refractivity contribution >= 4 is 23.8 Å². The number of imide groups is 1. The van der Waals surface area contributed by atoms with Crippen LogP contribution in [0.5, 0.6) is 0 Å². The molecule has 2 aliphatic heterocycles. The Kier molecular flexibility index (Phi) is 5.73. The minimum atomic E-state index is -0.719. The summed E-state index contributed by atoms with van der Waals surface area (Å²) in [5, 5.41) is 7.59. The van der Waals surface area contributed by atoms with E-state index in [1.165, 1.54) is 0 Å². The molecule has 8 heteroatoms. The zero-order chi connectivity index (χ0) is 19.4. The number of nitrogens with one attached hydrogen (secondary N) is 3. The summed E-state index contributed by atoms with van der Waals surface area (Å²) >= 11 is 0. The molecule has 2 heterocycles. The first-order valence-electron chi connectivity index (χ1n) is 9.19. The summed E-state index contributed by atoms with van der Waals surface area (Å²) in [6.45, 7) is 3.11. The monoisotopic (exact) mass is 372 g/mol. The summed E-state index contributed by atoms with van der Waals surface area (Å²) in [5.41, 5.74) is 1.77. The Labute approximate surface area is 157 Å². The molecule has 3 rings (SSSR count). The van der Waals surface area contributed by atoms with Crippen LogP contribution in [0.3, 0.4) is 0 Å². The predicted octanol–water partition coefficient (Wildman–Crippen LogP) is 0.704. The SMILES string of the molecule is Cc1ccc(C(=O)N2CCC(NC(=O)C3CCC(=O)NC(=O)N3)CC2)cc1. The molecule has 5 amide bonds. The quantitative estimate of drug-likeness (QED) is 0.726. The molecular formula is C19H24N4O4. The smallest absolute Gasteiger partial charge is 0.322 e. The number of nitrogens with zero attached hydrogens (tertiary/aromatic N) is 1. The van der Waals surface area contributed by atoms with Gasteiger partial charge in [-0.15, -0.1) is 0 Å². The molecule has 0 bridgehead atoms. The number of carbonyl (C=O) groups is 4. The van der Waals surface area contributed by atoms with Crippen LogP contribution in [-0.4, -0.2) is 53.8 Å². The first-order chi connectivity index (χ1) is 12.9. The van der Waals surface area contributed by atoms with Crippen LogP contribution in [0.2, 0.25) is 0 Å². The van der Waals surface area contributed by atoms with Gasteiger partial charge in [-0.3, -0.25) is 19.7 Å². The number of piperidine rings is 1. The summed E-state index contributed by atoms with van der Waals surface area (Å²) in [7, 11) is 0. The summed E-state index contributed by atoms with van der Waals surface area (Å²) in [5.74, 6) is -0.672. The second-order valence-corrected chi connectivity index (χ2v) is 7.05. The number of likely N-dealkylation sites (tertiary alicyclic amines) is 1. The third-order valence-electron chi connectivity index (χ3n) is 4.96. The van der Waals surface area contributed by atoms with Gasteiger partial charge in [0.25, 0.3) is 5.91 Å². The lowest BCUT2D eigenvalue weighted by Crippen LogP contribution is -2.53. The average molecular weight is 372 g/mol.